The van der Waals surface area contributed by atoms with Crippen LogP contribution in [0.15, 0.2) is 28.7 Å². The molecule has 0 radical (unpaired) electrons. The summed E-state index contributed by atoms with van der Waals surface area (Å²) in [5.41, 5.74) is 0.309. The smallest absolute Gasteiger partial charge is 0.169 e. The van der Waals surface area contributed by atoms with E-state index in [-0.39, 0.29) is 18.0 Å². The molecule has 3 nitrogen and oxygen atoms in total. The van der Waals surface area contributed by atoms with E-state index < -0.39 is 0 Å². The lowest BCUT2D eigenvalue weighted by atomic mass is 10.0. The lowest BCUT2D eigenvalue weighted by Gasteiger charge is -2.23. The van der Waals surface area contributed by atoms with Crippen LogP contribution in [-0.2, 0) is 4.74 Å². The fraction of sp³-hybridized carbons (Fsp3) is 0.467. The quantitative estimate of drug-likeness (QED) is 0.865. The highest BCUT2D eigenvalue weighted by atomic mass is 19.1. The van der Waals surface area contributed by atoms with E-state index in [1.165, 1.54) is 6.07 Å². The minimum Gasteiger partial charge on any atom is -0.456 e. The van der Waals surface area contributed by atoms with Crippen LogP contribution in [0.3, 0.4) is 0 Å². The highest BCUT2D eigenvalue weighted by Crippen LogP contribution is 2.29. The minimum atomic E-state index is -0.330. The van der Waals surface area contributed by atoms with Crippen molar-refractivity contribution in [3.63, 3.8) is 0 Å². The summed E-state index contributed by atoms with van der Waals surface area (Å²) in [5, 5.41) is 3.97. The number of nitrogens with one attached hydrogen (secondary N) is 1. The molecule has 0 saturated carbocycles. The van der Waals surface area contributed by atoms with Gasteiger partial charge in [0.2, 0.25) is 0 Å². The molecule has 1 heterocycles. The van der Waals surface area contributed by atoms with Crippen molar-refractivity contribution >= 4 is 11.0 Å². The molecule has 0 aliphatic carbocycles. The third kappa shape index (κ3) is 2.80. The topological polar surface area (TPSA) is 34.4 Å². The molecule has 0 amide bonds. The second-order valence-corrected chi connectivity index (χ2v) is 4.64. The molecule has 0 bridgehead atoms. The van der Waals surface area contributed by atoms with Crippen LogP contribution in [0.2, 0.25) is 0 Å². The average molecular weight is 265 g/mol. The van der Waals surface area contributed by atoms with Crippen LogP contribution in [0, 0.1) is 5.82 Å². The van der Waals surface area contributed by atoms with E-state index in [1.54, 1.807) is 13.2 Å². The Morgan fingerprint density at radius 3 is 2.79 bits per heavy atom. The summed E-state index contributed by atoms with van der Waals surface area (Å²) in [4.78, 5) is 0. The van der Waals surface area contributed by atoms with Crippen molar-refractivity contribution in [2.45, 2.75) is 31.9 Å². The zero-order chi connectivity index (χ0) is 13.8. The Balaban J connectivity index is 2.37. The van der Waals surface area contributed by atoms with Gasteiger partial charge in [-0.15, -0.1) is 0 Å². The van der Waals surface area contributed by atoms with Crippen LogP contribution >= 0.6 is 0 Å². The van der Waals surface area contributed by atoms with Crippen LogP contribution in [0.25, 0.3) is 11.0 Å². The Bertz CT molecular complexity index is 538. The van der Waals surface area contributed by atoms with Crippen molar-refractivity contribution in [2.24, 2.45) is 0 Å². The van der Waals surface area contributed by atoms with Crippen molar-refractivity contribution in [2.75, 3.05) is 14.2 Å². The number of para-hydroxylation sites is 1. The van der Waals surface area contributed by atoms with Crippen LogP contribution < -0.4 is 5.32 Å². The predicted molar refractivity (Wildman–Crippen MR) is 73.7 cm³/mol. The lowest BCUT2D eigenvalue weighted by molar-refractivity contribution is 0.0567. The van der Waals surface area contributed by atoms with Gasteiger partial charge in [-0.25, -0.2) is 4.39 Å². The van der Waals surface area contributed by atoms with E-state index in [0.29, 0.717) is 11.3 Å². The van der Waals surface area contributed by atoms with Gasteiger partial charge < -0.3 is 14.5 Å². The van der Waals surface area contributed by atoms with Gasteiger partial charge in [0.1, 0.15) is 5.76 Å². The molecule has 2 aromatic rings. The molecule has 4 heteroatoms. The summed E-state index contributed by atoms with van der Waals surface area (Å²) >= 11 is 0. The fourth-order valence-electron chi connectivity index (χ4n) is 2.42. The second-order valence-electron chi connectivity index (χ2n) is 4.64. The number of furan rings is 1. The summed E-state index contributed by atoms with van der Waals surface area (Å²) < 4.78 is 24.8. The van der Waals surface area contributed by atoms with Crippen molar-refractivity contribution in [1.82, 2.24) is 5.32 Å². The Kier molecular flexibility index (Phi) is 4.56. The number of ether oxygens (including phenoxy) is 1. The van der Waals surface area contributed by atoms with E-state index in [2.05, 4.69) is 12.2 Å². The maximum Gasteiger partial charge on any atom is 0.169 e. The van der Waals surface area contributed by atoms with Gasteiger partial charge in [-0.3, -0.25) is 0 Å². The number of rotatable bonds is 6. The summed E-state index contributed by atoms with van der Waals surface area (Å²) in [7, 11) is 3.55. The summed E-state index contributed by atoms with van der Waals surface area (Å²) in [6, 6.07) is 6.74. The Morgan fingerprint density at radius 1 is 1.42 bits per heavy atom. The van der Waals surface area contributed by atoms with Gasteiger partial charge in [-0.05, 0) is 25.6 Å². The summed E-state index contributed by atoms with van der Waals surface area (Å²) in [6.07, 6.45) is 1.95. The maximum atomic E-state index is 13.7. The largest absolute Gasteiger partial charge is 0.456 e. The zero-order valence-corrected chi connectivity index (χ0v) is 11.6. The second kappa shape index (κ2) is 6.17. The van der Waals surface area contributed by atoms with E-state index in [4.69, 9.17) is 9.15 Å². The average Bonchev–Trinajstić information content (AvgIpc) is 2.84. The van der Waals surface area contributed by atoms with Gasteiger partial charge in [-0.1, -0.05) is 25.5 Å². The highest BCUT2D eigenvalue weighted by molar-refractivity contribution is 5.78. The number of hydrogen-bond acceptors (Lipinski definition) is 3. The lowest BCUT2D eigenvalue weighted by Crippen LogP contribution is -2.30. The van der Waals surface area contributed by atoms with Gasteiger partial charge in [0.05, 0.1) is 12.1 Å². The van der Waals surface area contributed by atoms with Gasteiger partial charge in [0.25, 0.3) is 0 Å². The number of fused-ring (bicyclic) bond motifs is 1. The fourth-order valence-corrected chi connectivity index (χ4v) is 2.42. The van der Waals surface area contributed by atoms with E-state index in [0.717, 1.165) is 18.2 Å². The molecule has 1 aromatic heterocycles. The Hall–Kier alpha value is -1.39. The van der Waals surface area contributed by atoms with E-state index >= 15 is 0 Å². The Labute approximate surface area is 112 Å². The van der Waals surface area contributed by atoms with Gasteiger partial charge in [0.15, 0.2) is 11.4 Å². The van der Waals surface area contributed by atoms with Crippen molar-refractivity contribution in [3.8, 4) is 0 Å². The first-order valence-electron chi connectivity index (χ1n) is 6.59. The molecule has 2 rings (SSSR count). The van der Waals surface area contributed by atoms with Gasteiger partial charge in [-0.2, -0.15) is 0 Å². The maximum absolute atomic E-state index is 13.7. The third-order valence-corrected chi connectivity index (χ3v) is 3.38. The van der Waals surface area contributed by atoms with Gasteiger partial charge >= 0.3 is 0 Å². The van der Waals surface area contributed by atoms with Crippen LogP contribution in [0.5, 0.6) is 0 Å². The molecule has 0 aliphatic heterocycles. The highest BCUT2D eigenvalue weighted by Gasteiger charge is 2.24. The number of hydrogen-bond donors (Lipinski definition) is 1. The van der Waals surface area contributed by atoms with Crippen molar-refractivity contribution < 1.29 is 13.5 Å². The zero-order valence-electron chi connectivity index (χ0n) is 11.6. The van der Waals surface area contributed by atoms with Crippen LogP contribution in [0.4, 0.5) is 4.39 Å². The molecule has 1 aromatic carbocycles. The number of likely N-dealkylation sites (N-methyl/N-ethyl adjacent to an activating group) is 1. The monoisotopic (exact) mass is 265 g/mol. The minimum absolute atomic E-state index is 0.0126. The SMILES string of the molecule is CCCC(OC)C(NC)c1cc2cccc(F)c2o1. The van der Waals surface area contributed by atoms with Crippen LogP contribution in [-0.4, -0.2) is 20.3 Å². The molecule has 0 fully saturated rings. The molecule has 2 unspecified atom stereocenters. The van der Waals surface area contributed by atoms with Gasteiger partial charge in [0, 0.05) is 12.5 Å². The van der Waals surface area contributed by atoms with E-state index in [1.807, 2.05) is 19.2 Å². The summed E-state index contributed by atoms with van der Waals surface area (Å²) in [6.45, 7) is 2.11. The molecular weight excluding hydrogens is 245 g/mol. The molecule has 2 atom stereocenters. The molecule has 0 saturated heterocycles. The first-order valence-corrected chi connectivity index (χ1v) is 6.59. The van der Waals surface area contributed by atoms with Crippen molar-refractivity contribution in [1.29, 1.82) is 0 Å². The molecule has 1 N–H and O–H groups in total. The normalized spacial score (nSPS) is 14.7. The number of benzene rings is 1. The number of methoxy groups -OCH3 is 1. The van der Waals surface area contributed by atoms with Crippen LogP contribution in [0.1, 0.15) is 31.6 Å². The standard InChI is InChI=1S/C15H20FNO2/c1-4-6-12(18-3)14(17-2)13-9-10-7-5-8-11(16)15(10)19-13/h5,7-9,12,14,17H,4,6H2,1-3H3. The van der Waals surface area contributed by atoms with E-state index in [9.17, 15) is 4.39 Å². The molecular formula is C15H20FNO2. The first kappa shape index (κ1) is 14.0. The molecule has 0 aliphatic rings. The molecule has 104 valence electrons. The summed E-state index contributed by atoms with van der Waals surface area (Å²) in [5.74, 6) is 0.381. The predicted octanol–water partition coefficient (Wildman–Crippen LogP) is 3.65. The third-order valence-electron chi connectivity index (χ3n) is 3.38. The van der Waals surface area contributed by atoms with Crippen molar-refractivity contribution in [3.05, 3.63) is 35.8 Å². The number of halogens is 1. The first-order chi connectivity index (χ1) is 9.21. The molecule has 0 spiro atoms. The molecule has 19 heavy (non-hydrogen) atoms. The Morgan fingerprint density at radius 2 is 2.21 bits per heavy atom.